The molecule has 250 valence electrons. The Hall–Kier alpha value is -4.22. The molecule has 0 saturated carbocycles. The van der Waals surface area contributed by atoms with Gasteiger partial charge in [-0.2, -0.15) is 10.2 Å². The lowest BCUT2D eigenvalue weighted by molar-refractivity contribution is -0.119. The monoisotopic (exact) mass is 630 g/mol. The molecule has 0 aliphatic carbocycles. The van der Waals surface area contributed by atoms with Gasteiger partial charge < -0.3 is 19.3 Å². The van der Waals surface area contributed by atoms with Gasteiger partial charge in [0.05, 0.1) is 30.7 Å². The fourth-order valence-corrected chi connectivity index (χ4v) is 4.11. The lowest BCUT2D eigenvalue weighted by Gasteiger charge is -2.18. The van der Waals surface area contributed by atoms with Gasteiger partial charge in [-0.3, -0.25) is 9.59 Å². The van der Waals surface area contributed by atoms with Crippen molar-refractivity contribution in [2.75, 3.05) is 0 Å². The summed E-state index contributed by atoms with van der Waals surface area (Å²) in [6, 6.07) is 0. The second-order valence-corrected chi connectivity index (χ2v) is 13.1. The number of carboxylic acid groups (broad SMARTS) is 1. The average Bonchev–Trinajstić information content (AvgIpc) is 3.43. The molecule has 0 atom stereocenters. The first kappa shape index (κ1) is 38.8. The second kappa shape index (κ2) is 16.7. The van der Waals surface area contributed by atoms with Crippen LogP contribution in [0.15, 0.2) is 24.5 Å². The highest BCUT2D eigenvalue weighted by molar-refractivity contribution is 5.92. The smallest absolute Gasteiger partial charge is 0.345 e. The minimum atomic E-state index is -1.09. The van der Waals surface area contributed by atoms with Crippen LogP contribution in [0.1, 0.15) is 117 Å². The molecule has 2 heterocycles. The molecule has 2 rings (SSSR count). The van der Waals surface area contributed by atoms with E-state index in [-0.39, 0.29) is 57.7 Å². The number of rotatable bonds is 15. The van der Waals surface area contributed by atoms with Crippen LogP contribution < -0.4 is 9.47 Å². The van der Waals surface area contributed by atoms with Gasteiger partial charge in [-0.25, -0.2) is 19.0 Å². The highest BCUT2D eigenvalue weighted by Gasteiger charge is 2.23. The zero-order valence-corrected chi connectivity index (χ0v) is 28.7. The van der Waals surface area contributed by atoms with Crippen molar-refractivity contribution in [1.82, 2.24) is 19.6 Å². The Balaban J connectivity index is 0.000000454. The number of allylic oxidation sites excluding steroid dienone is 2. The molecule has 0 unspecified atom stereocenters. The van der Waals surface area contributed by atoms with E-state index in [4.69, 9.17) is 19.3 Å². The third kappa shape index (κ3) is 14.0. The minimum Gasteiger partial charge on any atom is -0.477 e. The van der Waals surface area contributed by atoms with Crippen LogP contribution >= 0.6 is 0 Å². The second-order valence-electron chi connectivity index (χ2n) is 13.1. The van der Waals surface area contributed by atoms with Gasteiger partial charge in [-0.1, -0.05) is 39.8 Å². The molecule has 0 bridgehead atoms. The molecule has 2 aromatic rings. The summed E-state index contributed by atoms with van der Waals surface area (Å²) >= 11 is 0. The fourth-order valence-electron chi connectivity index (χ4n) is 4.11. The van der Waals surface area contributed by atoms with E-state index in [1.807, 2.05) is 67.5 Å². The van der Waals surface area contributed by atoms with E-state index in [1.54, 1.807) is 40.1 Å². The van der Waals surface area contributed by atoms with Crippen LogP contribution in [0.3, 0.4) is 0 Å². The van der Waals surface area contributed by atoms with E-state index in [1.165, 1.54) is 21.8 Å². The van der Waals surface area contributed by atoms with Gasteiger partial charge in [0.15, 0.2) is 0 Å². The molecule has 0 spiro atoms. The zero-order valence-electron chi connectivity index (χ0n) is 28.7. The molecule has 0 fully saturated rings. The van der Waals surface area contributed by atoms with Crippen LogP contribution in [-0.2, 0) is 14.3 Å². The molecule has 0 aromatic carbocycles. The molecule has 0 aliphatic rings. The summed E-state index contributed by atoms with van der Waals surface area (Å²) in [6.07, 6.45) is 10.0. The largest absolute Gasteiger partial charge is 0.477 e. The molecule has 0 saturated heterocycles. The number of ketones is 2. The molecule has 0 amide bonds. The standard InChI is InChI=1S/C18H28N2O4.C15H22N2O4/c1-12(2)23-16-15(17(22)24-13(3)4)11-19-20(16)9-8-18(6,7)10-14(5)21;1-10(2)21-13-12(14(19)20)9-16-17(13)7-6-15(4,5)8-11(3)18/h8-9,11-13H,10H2,1-7H3;6-7,9-10H,8H2,1-5H3,(H,19,20)/b9-8+;7-6+. The van der Waals surface area contributed by atoms with Crippen molar-refractivity contribution in [3.05, 3.63) is 35.7 Å². The number of carbonyl (C=O) groups excluding carboxylic acids is 3. The van der Waals surface area contributed by atoms with Crippen molar-refractivity contribution >= 4 is 35.9 Å². The lowest BCUT2D eigenvalue weighted by atomic mass is 9.88. The number of hydrogen-bond acceptors (Lipinski definition) is 9. The quantitative estimate of drug-likeness (QED) is 0.214. The molecule has 12 nitrogen and oxygen atoms in total. The number of esters is 1. The van der Waals surface area contributed by atoms with Crippen molar-refractivity contribution in [3.63, 3.8) is 0 Å². The summed E-state index contributed by atoms with van der Waals surface area (Å²) in [7, 11) is 0. The van der Waals surface area contributed by atoms with Crippen LogP contribution in [0.5, 0.6) is 11.8 Å². The van der Waals surface area contributed by atoms with Gasteiger partial charge in [0.2, 0.25) is 11.8 Å². The third-order valence-electron chi connectivity index (χ3n) is 5.73. The summed E-state index contributed by atoms with van der Waals surface area (Å²) < 4.78 is 19.4. The van der Waals surface area contributed by atoms with E-state index in [9.17, 15) is 19.2 Å². The summed E-state index contributed by atoms with van der Waals surface area (Å²) in [4.78, 5) is 45.9. The Labute approximate surface area is 266 Å². The van der Waals surface area contributed by atoms with Gasteiger partial charge >= 0.3 is 11.9 Å². The van der Waals surface area contributed by atoms with E-state index < -0.39 is 11.9 Å². The maximum absolute atomic E-state index is 12.2. The third-order valence-corrected chi connectivity index (χ3v) is 5.73. The number of aromatic nitrogens is 4. The average molecular weight is 631 g/mol. The lowest BCUT2D eigenvalue weighted by Crippen LogP contribution is -2.16. The SMILES string of the molecule is CC(=O)CC(C)(C)/C=C/n1ncc(C(=O)O)c1OC(C)C.CC(=O)CC(C)(C)/C=C/n1ncc(C(=O)OC(C)C)c1OC(C)C. The van der Waals surface area contributed by atoms with E-state index in [0.29, 0.717) is 18.7 Å². The zero-order chi connectivity index (χ0) is 34.7. The molecular weight excluding hydrogens is 580 g/mol. The normalized spacial score (nSPS) is 12.2. The van der Waals surface area contributed by atoms with Crippen LogP contribution in [-0.4, -0.2) is 66.5 Å². The summed E-state index contributed by atoms with van der Waals surface area (Å²) in [5, 5.41) is 17.3. The highest BCUT2D eigenvalue weighted by Crippen LogP contribution is 2.27. The molecule has 1 N–H and O–H groups in total. The number of aromatic carboxylic acids is 1. The Morgan fingerprint density at radius 2 is 1.11 bits per heavy atom. The number of nitrogens with zero attached hydrogens (tertiary/aromatic N) is 4. The van der Waals surface area contributed by atoms with Crippen LogP contribution in [0.2, 0.25) is 0 Å². The maximum Gasteiger partial charge on any atom is 0.345 e. The van der Waals surface area contributed by atoms with Crippen molar-refractivity contribution in [2.24, 2.45) is 10.8 Å². The molecule has 45 heavy (non-hydrogen) atoms. The molecular formula is C33H50N4O8. The Bertz CT molecular complexity index is 1380. The number of carboxylic acids is 1. The van der Waals surface area contributed by atoms with Crippen LogP contribution in [0.4, 0.5) is 0 Å². The predicted molar refractivity (Wildman–Crippen MR) is 172 cm³/mol. The molecule has 12 heteroatoms. The van der Waals surface area contributed by atoms with E-state index in [2.05, 4.69) is 10.2 Å². The minimum absolute atomic E-state index is 0.0118. The highest BCUT2D eigenvalue weighted by atomic mass is 16.5. The van der Waals surface area contributed by atoms with Gasteiger partial charge in [0.1, 0.15) is 22.7 Å². The fraction of sp³-hybridized carbons (Fsp3) is 0.576. The first-order valence-corrected chi connectivity index (χ1v) is 14.9. The summed E-state index contributed by atoms with van der Waals surface area (Å²) in [5.41, 5.74) is -0.356. The van der Waals surface area contributed by atoms with Gasteiger partial charge in [0.25, 0.3) is 0 Å². The Kier molecular flexibility index (Phi) is 14.4. The first-order chi connectivity index (χ1) is 20.6. The summed E-state index contributed by atoms with van der Waals surface area (Å²) in [5.74, 6) is -0.825. The summed E-state index contributed by atoms with van der Waals surface area (Å²) in [6.45, 7) is 21.8. The molecule has 0 radical (unpaired) electrons. The van der Waals surface area contributed by atoms with Crippen LogP contribution in [0.25, 0.3) is 12.4 Å². The number of Topliss-reactive ketones (excluding diaryl/α,β-unsaturated/α-hetero) is 2. The van der Waals surface area contributed by atoms with Gasteiger partial charge in [-0.05, 0) is 66.2 Å². The van der Waals surface area contributed by atoms with Crippen molar-refractivity contribution in [1.29, 1.82) is 0 Å². The van der Waals surface area contributed by atoms with Crippen molar-refractivity contribution in [2.45, 2.75) is 114 Å². The Morgan fingerprint density at radius 3 is 1.44 bits per heavy atom. The molecule has 2 aromatic heterocycles. The number of ether oxygens (including phenoxy) is 3. The van der Waals surface area contributed by atoms with Crippen LogP contribution in [0, 0.1) is 10.8 Å². The van der Waals surface area contributed by atoms with E-state index in [0.717, 1.165) is 0 Å². The topological polar surface area (TPSA) is 152 Å². The van der Waals surface area contributed by atoms with E-state index >= 15 is 0 Å². The molecule has 0 aliphatic heterocycles. The predicted octanol–water partition coefficient (Wildman–Crippen LogP) is 6.56. The van der Waals surface area contributed by atoms with Crippen molar-refractivity contribution < 1.29 is 38.5 Å². The maximum atomic E-state index is 12.2. The number of carbonyl (C=O) groups is 4. The van der Waals surface area contributed by atoms with Crippen molar-refractivity contribution in [3.8, 4) is 11.8 Å². The Morgan fingerprint density at radius 1 is 0.733 bits per heavy atom. The van der Waals surface area contributed by atoms with Gasteiger partial charge in [-0.15, -0.1) is 0 Å². The van der Waals surface area contributed by atoms with Gasteiger partial charge in [0, 0.05) is 25.2 Å². The number of hydrogen-bond donors (Lipinski definition) is 1. The first-order valence-electron chi connectivity index (χ1n) is 14.9.